The molecule has 148 valence electrons. The minimum absolute atomic E-state index is 0.119. The van der Waals surface area contributed by atoms with Gasteiger partial charge in [-0.1, -0.05) is 49.3 Å². The first-order chi connectivity index (χ1) is 13.3. The second kappa shape index (κ2) is 9.07. The number of thioether (sulfide) groups is 1. The average Bonchev–Trinajstić information content (AvgIpc) is 3.27. The van der Waals surface area contributed by atoms with Crippen molar-refractivity contribution in [1.82, 2.24) is 19.7 Å². The van der Waals surface area contributed by atoms with Crippen molar-refractivity contribution in [2.75, 3.05) is 11.1 Å². The number of anilines is 1. The fraction of sp³-hybridized carbons (Fsp3) is 0.368. The van der Waals surface area contributed by atoms with Crippen molar-refractivity contribution in [3.05, 3.63) is 40.5 Å². The van der Waals surface area contributed by atoms with E-state index in [-0.39, 0.29) is 23.6 Å². The normalized spacial score (nSPS) is 11.4. The molecule has 9 heteroatoms. The summed E-state index contributed by atoms with van der Waals surface area (Å²) in [4.78, 5) is 16.8. The summed E-state index contributed by atoms with van der Waals surface area (Å²) in [5, 5.41) is 15.3. The number of hydrogen-bond donors (Lipinski definition) is 1. The molecule has 6 nitrogen and oxygen atoms in total. The smallest absolute Gasteiger partial charge is 0.236 e. The first-order valence-corrected chi connectivity index (χ1v) is 11.2. The number of halogens is 1. The molecule has 1 amide bonds. The molecule has 0 unspecified atom stereocenters. The number of carbonyl (C=O) groups is 1. The molecule has 0 aliphatic carbocycles. The number of aromatic nitrogens is 4. The monoisotopic (exact) mass is 435 g/mol. The molecule has 3 aromatic rings. The van der Waals surface area contributed by atoms with E-state index in [0.29, 0.717) is 10.2 Å². The SMILES string of the molecule is CC(C)c1nnc(SCC(=O)Nc2nc(-c3ccc(Cl)cc3)cs2)n1C(C)C. The molecule has 2 aromatic heterocycles. The minimum Gasteiger partial charge on any atom is -0.303 e. The Morgan fingerprint density at radius 1 is 1.21 bits per heavy atom. The largest absolute Gasteiger partial charge is 0.303 e. The maximum absolute atomic E-state index is 12.4. The van der Waals surface area contributed by atoms with Crippen molar-refractivity contribution in [3.8, 4) is 11.3 Å². The number of benzene rings is 1. The molecular formula is C19H22ClN5OS2. The molecule has 3 rings (SSSR count). The Kier molecular flexibility index (Phi) is 6.74. The highest BCUT2D eigenvalue weighted by Gasteiger charge is 2.18. The summed E-state index contributed by atoms with van der Waals surface area (Å²) >= 11 is 8.70. The molecule has 0 atom stereocenters. The van der Waals surface area contributed by atoms with Crippen LogP contribution in [0.25, 0.3) is 11.3 Å². The number of nitrogens with zero attached hydrogens (tertiary/aromatic N) is 4. The van der Waals surface area contributed by atoms with Gasteiger partial charge in [0.05, 0.1) is 11.4 Å². The van der Waals surface area contributed by atoms with Gasteiger partial charge in [-0.05, 0) is 26.0 Å². The van der Waals surface area contributed by atoms with Crippen molar-refractivity contribution in [2.45, 2.75) is 44.8 Å². The van der Waals surface area contributed by atoms with E-state index in [1.807, 2.05) is 29.6 Å². The molecule has 0 aliphatic heterocycles. The summed E-state index contributed by atoms with van der Waals surface area (Å²) in [5.41, 5.74) is 1.77. The Morgan fingerprint density at radius 3 is 2.57 bits per heavy atom. The fourth-order valence-corrected chi connectivity index (χ4v) is 4.37. The van der Waals surface area contributed by atoms with Crippen molar-refractivity contribution in [2.24, 2.45) is 0 Å². The number of amides is 1. The molecular weight excluding hydrogens is 414 g/mol. The van der Waals surface area contributed by atoms with Gasteiger partial charge in [0.2, 0.25) is 5.91 Å². The summed E-state index contributed by atoms with van der Waals surface area (Å²) in [5.74, 6) is 1.34. The molecule has 0 spiro atoms. The van der Waals surface area contributed by atoms with Crippen LogP contribution >= 0.6 is 34.7 Å². The van der Waals surface area contributed by atoms with Gasteiger partial charge in [-0.25, -0.2) is 4.98 Å². The highest BCUT2D eigenvalue weighted by molar-refractivity contribution is 7.99. The summed E-state index contributed by atoms with van der Waals surface area (Å²) in [6.07, 6.45) is 0. The fourth-order valence-electron chi connectivity index (χ4n) is 2.64. The molecule has 1 N–H and O–H groups in total. The topological polar surface area (TPSA) is 72.7 Å². The molecule has 28 heavy (non-hydrogen) atoms. The average molecular weight is 436 g/mol. The van der Waals surface area contributed by atoms with Crippen LogP contribution in [-0.4, -0.2) is 31.4 Å². The van der Waals surface area contributed by atoms with Gasteiger partial charge in [-0.3, -0.25) is 4.79 Å². The van der Waals surface area contributed by atoms with Crippen LogP contribution in [0.15, 0.2) is 34.8 Å². The predicted molar refractivity (Wildman–Crippen MR) is 116 cm³/mol. The van der Waals surface area contributed by atoms with Crippen LogP contribution in [0, 0.1) is 0 Å². The van der Waals surface area contributed by atoms with Crippen molar-refractivity contribution >= 4 is 45.7 Å². The summed E-state index contributed by atoms with van der Waals surface area (Å²) in [6.45, 7) is 8.36. The van der Waals surface area contributed by atoms with Gasteiger partial charge in [0, 0.05) is 27.9 Å². The third kappa shape index (κ3) is 4.92. The second-order valence-corrected chi connectivity index (χ2v) is 9.08. The molecule has 0 bridgehead atoms. The Morgan fingerprint density at radius 2 is 1.93 bits per heavy atom. The molecule has 0 radical (unpaired) electrons. The highest BCUT2D eigenvalue weighted by Crippen LogP contribution is 2.27. The van der Waals surface area contributed by atoms with Crippen LogP contribution in [0.1, 0.15) is 45.5 Å². The third-order valence-corrected chi connectivity index (χ3v) is 5.90. The molecule has 0 aliphatic rings. The number of carbonyl (C=O) groups excluding carboxylic acids is 1. The van der Waals surface area contributed by atoms with Crippen LogP contribution in [0.4, 0.5) is 5.13 Å². The van der Waals surface area contributed by atoms with E-state index in [9.17, 15) is 4.79 Å². The summed E-state index contributed by atoms with van der Waals surface area (Å²) < 4.78 is 2.09. The van der Waals surface area contributed by atoms with E-state index in [0.717, 1.165) is 22.2 Å². The quantitative estimate of drug-likeness (QED) is 0.496. The maximum Gasteiger partial charge on any atom is 0.236 e. The zero-order valence-corrected chi connectivity index (χ0v) is 18.5. The van der Waals surface area contributed by atoms with Gasteiger partial charge < -0.3 is 9.88 Å². The number of rotatable bonds is 7. The van der Waals surface area contributed by atoms with E-state index in [1.54, 1.807) is 0 Å². The number of nitrogens with one attached hydrogen (secondary N) is 1. The zero-order valence-electron chi connectivity index (χ0n) is 16.1. The Labute approximate surface area is 177 Å². The van der Waals surface area contributed by atoms with E-state index in [4.69, 9.17) is 11.6 Å². The van der Waals surface area contributed by atoms with E-state index < -0.39 is 0 Å². The second-order valence-electron chi connectivity index (χ2n) is 6.84. The first kappa shape index (κ1) is 20.8. The van der Waals surface area contributed by atoms with Gasteiger partial charge in [0.25, 0.3) is 0 Å². The Bertz CT molecular complexity index is 950. The Hall–Kier alpha value is -1.90. The van der Waals surface area contributed by atoms with Gasteiger partial charge in [0.1, 0.15) is 5.82 Å². The van der Waals surface area contributed by atoms with Gasteiger partial charge in [-0.2, -0.15) is 0 Å². The van der Waals surface area contributed by atoms with Crippen LogP contribution in [0.2, 0.25) is 5.02 Å². The van der Waals surface area contributed by atoms with Gasteiger partial charge >= 0.3 is 0 Å². The standard InChI is InChI=1S/C19H22ClN5OS2/c1-11(2)17-23-24-19(25(17)12(3)4)28-10-16(26)22-18-21-15(9-27-18)13-5-7-14(20)8-6-13/h5-9,11-12H,10H2,1-4H3,(H,21,22,26). The molecule has 0 saturated carbocycles. The lowest BCUT2D eigenvalue weighted by Gasteiger charge is -2.15. The lowest BCUT2D eigenvalue weighted by molar-refractivity contribution is -0.113. The van der Waals surface area contributed by atoms with Crippen LogP contribution in [-0.2, 0) is 4.79 Å². The van der Waals surface area contributed by atoms with Crippen LogP contribution in [0.3, 0.4) is 0 Å². The lowest BCUT2D eigenvalue weighted by Crippen LogP contribution is -2.15. The number of hydrogen-bond acceptors (Lipinski definition) is 6. The summed E-state index contributed by atoms with van der Waals surface area (Å²) in [7, 11) is 0. The Balaban J connectivity index is 1.62. The third-order valence-electron chi connectivity index (χ3n) is 3.95. The maximum atomic E-state index is 12.4. The van der Waals surface area contributed by atoms with E-state index in [1.165, 1.54) is 23.1 Å². The number of thiazole rings is 1. The highest BCUT2D eigenvalue weighted by atomic mass is 35.5. The van der Waals surface area contributed by atoms with Crippen LogP contribution < -0.4 is 5.32 Å². The zero-order chi connectivity index (χ0) is 20.3. The van der Waals surface area contributed by atoms with Gasteiger partial charge in [0.15, 0.2) is 10.3 Å². The van der Waals surface area contributed by atoms with Crippen molar-refractivity contribution in [1.29, 1.82) is 0 Å². The lowest BCUT2D eigenvalue weighted by atomic mass is 10.2. The van der Waals surface area contributed by atoms with E-state index in [2.05, 4.69) is 52.8 Å². The molecule has 0 saturated heterocycles. The summed E-state index contributed by atoms with van der Waals surface area (Å²) in [6, 6.07) is 7.69. The molecule has 2 heterocycles. The first-order valence-electron chi connectivity index (χ1n) is 8.94. The molecule has 1 aromatic carbocycles. The van der Waals surface area contributed by atoms with Gasteiger partial charge in [-0.15, -0.1) is 21.5 Å². The minimum atomic E-state index is -0.119. The van der Waals surface area contributed by atoms with Crippen molar-refractivity contribution in [3.63, 3.8) is 0 Å². The van der Waals surface area contributed by atoms with Crippen LogP contribution in [0.5, 0.6) is 0 Å². The van der Waals surface area contributed by atoms with Crippen molar-refractivity contribution < 1.29 is 4.79 Å². The van der Waals surface area contributed by atoms with E-state index >= 15 is 0 Å². The predicted octanol–water partition coefficient (Wildman–Crippen LogP) is 5.49. The molecule has 0 fully saturated rings.